The second-order valence-electron chi connectivity index (χ2n) is 6.37. The van der Waals surface area contributed by atoms with Gasteiger partial charge >= 0.3 is 6.18 Å². The summed E-state index contributed by atoms with van der Waals surface area (Å²) in [5.41, 5.74) is 1.21. The molecule has 25 heavy (non-hydrogen) atoms. The smallest absolute Gasteiger partial charge is 0.369 e. The number of nitrogens with zero attached hydrogens (tertiary/aromatic N) is 1. The zero-order valence-electron chi connectivity index (χ0n) is 13.5. The van der Waals surface area contributed by atoms with Crippen LogP contribution in [0.3, 0.4) is 0 Å². The molecule has 1 heterocycles. The molecular weight excluding hydrogens is 356 g/mol. The predicted molar refractivity (Wildman–Crippen MR) is 89.8 cm³/mol. The first-order valence-corrected chi connectivity index (χ1v) is 8.59. The predicted octanol–water partition coefficient (Wildman–Crippen LogP) is 4.18. The molecule has 3 rings (SSSR count). The largest absolute Gasteiger partial charge is 0.395 e. The molecule has 0 aromatic heterocycles. The van der Waals surface area contributed by atoms with Gasteiger partial charge in [0.2, 0.25) is 0 Å². The van der Waals surface area contributed by atoms with Gasteiger partial charge in [0.1, 0.15) is 5.82 Å². The van der Waals surface area contributed by atoms with Crippen LogP contribution in [0, 0.1) is 17.7 Å². The molecule has 1 fully saturated rings. The normalized spacial score (nSPS) is 24.4. The Morgan fingerprint density at radius 1 is 1.20 bits per heavy atom. The summed E-state index contributed by atoms with van der Waals surface area (Å²) in [7, 11) is 0. The minimum Gasteiger partial charge on any atom is -0.369 e. The van der Waals surface area contributed by atoms with Crippen LogP contribution in [-0.4, -0.2) is 37.3 Å². The average molecular weight is 375 g/mol. The molecule has 7 heteroatoms. The Balaban J connectivity index is 1.80. The van der Waals surface area contributed by atoms with E-state index in [2.05, 4.69) is 5.32 Å². The van der Waals surface area contributed by atoms with E-state index in [1.165, 1.54) is 24.3 Å². The molecule has 0 radical (unpaired) electrons. The second-order valence-corrected chi connectivity index (χ2v) is 6.78. The zero-order chi connectivity index (χ0) is 18.0. The maximum Gasteiger partial charge on any atom is 0.395 e. The monoisotopic (exact) mass is 374 g/mol. The average Bonchev–Trinajstić information content (AvgIpc) is 2.58. The number of alkyl halides is 3. The zero-order valence-corrected chi connectivity index (χ0v) is 14.2. The lowest BCUT2D eigenvalue weighted by Gasteiger charge is -2.35. The third-order valence-electron chi connectivity index (χ3n) is 4.64. The molecular formula is C18H19ClF4N2. The van der Waals surface area contributed by atoms with Gasteiger partial charge in [0.05, 0.1) is 10.9 Å². The van der Waals surface area contributed by atoms with E-state index >= 15 is 0 Å². The number of halogens is 5. The molecule has 0 amide bonds. The van der Waals surface area contributed by atoms with Crippen molar-refractivity contribution in [2.24, 2.45) is 11.8 Å². The molecule has 1 aliphatic heterocycles. The Bertz CT molecular complexity index is 678. The van der Waals surface area contributed by atoms with Crippen molar-refractivity contribution in [3.63, 3.8) is 0 Å². The SMILES string of the molecule is Fc1ccc(CC2C=CC(N3CCNCC3)=CC2C(F)(F)F)cc1Cl. The van der Waals surface area contributed by atoms with Crippen molar-refractivity contribution < 1.29 is 17.6 Å². The standard InChI is InChI=1S/C18H19ClF4N2/c19-16-10-12(1-4-17(16)20)9-13-2-3-14(11-15(13)18(21,22)23)25-7-5-24-6-8-25/h1-4,10-11,13,15,24H,5-9H2. The van der Waals surface area contributed by atoms with Crippen molar-refractivity contribution in [3.8, 4) is 0 Å². The van der Waals surface area contributed by atoms with Gasteiger partial charge in [0, 0.05) is 31.9 Å². The number of hydrogen-bond donors (Lipinski definition) is 1. The van der Waals surface area contributed by atoms with Gasteiger partial charge in [-0.25, -0.2) is 4.39 Å². The quantitative estimate of drug-likeness (QED) is 0.799. The van der Waals surface area contributed by atoms with Crippen LogP contribution in [0.1, 0.15) is 5.56 Å². The maximum atomic E-state index is 13.6. The van der Waals surface area contributed by atoms with Gasteiger partial charge in [-0.2, -0.15) is 13.2 Å². The molecule has 2 nitrogen and oxygen atoms in total. The van der Waals surface area contributed by atoms with Crippen LogP contribution in [0.25, 0.3) is 0 Å². The molecule has 1 aromatic rings. The number of hydrogen-bond acceptors (Lipinski definition) is 2. The first-order chi connectivity index (χ1) is 11.8. The molecule has 2 aliphatic rings. The third kappa shape index (κ3) is 4.36. The second kappa shape index (κ2) is 7.38. The highest BCUT2D eigenvalue weighted by Gasteiger charge is 2.44. The Labute approximate surface area is 149 Å². The number of piperazine rings is 1. The van der Waals surface area contributed by atoms with Crippen molar-refractivity contribution in [2.45, 2.75) is 12.6 Å². The fourth-order valence-corrected chi connectivity index (χ4v) is 3.51. The first kappa shape index (κ1) is 18.3. The summed E-state index contributed by atoms with van der Waals surface area (Å²) in [5, 5.41) is 3.12. The van der Waals surface area contributed by atoms with E-state index in [0.29, 0.717) is 24.4 Å². The summed E-state index contributed by atoms with van der Waals surface area (Å²) in [6.45, 7) is 2.91. The fourth-order valence-electron chi connectivity index (χ4n) is 3.31. The lowest BCUT2D eigenvalue weighted by Crippen LogP contribution is -2.43. The van der Waals surface area contributed by atoms with Crippen LogP contribution in [-0.2, 0) is 6.42 Å². The van der Waals surface area contributed by atoms with Crippen LogP contribution in [0.15, 0.2) is 42.1 Å². The molecule has 1 saturated heterocycles. The molecule has 136 valence electrons. The highest BCUT2D eigenvalue weighted by molar-refractivity contribution is 6.30. The third-order valence-corrected chi connectivity index (χ3v) is 4.93. The molecule has 0 saturated carbocycles. The number of nitrogens with one attached hydrogen (secondary N) is 1. The number of rotatable bonds is 3. The molecule has 1 aliphatic carbocycles. The van der Waals surface area contributed by atoms with Gasteiger partial charge in [-0.1, -0.05) is 23.7 Å². The van der Waals surface area contributed by atoms with Crippen molar-refractivity contribution in [3.05, 3.63) is 58.5 Å². The lowest BCUT2D eigenvalue weighted by atomic mass is 9.82. The van der Waals surface area contributed by atoms with Crippen molar-refractivity contribution in [2.75, 3.05) is 26.2 Å². The number of benzene rings is 1. The van der Waals surface area contributed by atoms with E-state index in [1.807, 2.05) is 4.90 Å². The minimum absolute atomic E-state index is 0.0714. The van der Waals surface area contributed by atoms with Gasteiger partial charge in [0.25, 0.3) is 0 Å². The molecule has 2 unspecified atom stereocenters. The molecule has 1 aromatic carbocycles. The molecule has 1 N–H and O–H groups in total. The van der Waals surface area contributed by atoms with Gasteiger partial charge < -0.3 is 10.2 Å². The van der Waals surface area contributed by atoms with Crippen LogP contribution >= 0.6 is 11.6 Å². The van der Waals surface area contributed by atoms with E-state index in [9.17, 15) is 17.6 Å². The van der Waals surface area contributed by atoms with E-state index in [1.54, 1.807) is 12.2 Å². The Kier molecular flexibility index (Phi) is 5.39. The van der Waals surface area contributed by atoms with Crippen LogP contribution in [0.4, 0.5) is 17.6 Å². The summed E-state index contributed by atoms with van der Waals surface area (Å²) in [6.07, 6.45) is 0.530. The molecule has 2 atom stereocenters. The van der Waals surface area contributed by atoms with Crippen molar-refractivity contribution in [1.29, 1.82) is 0 Å². The van der Waals surface area contributed by atoms with Crippen LogP contribution in [0.2, 0.25) is 5.02 Å². The first-order valence-electron chi connectivity index (χ1n) is 8.21. The van der Waals surface area contributed by atoms with Crippen LogP contribution < -0.4 is 5.32 Å². The molecule has 0 spiro atoms. The highest BCUT2D eigenvalue weighted by Crippen LogP contribution is 2.39. The van der Waals surface area contributed by atoms with E-state index in [-0.39, 0.29) is 11.4 Å². The summed E-state index contributed by atoms with van der Waals surface area (Å²) in [6, 6.07) is 4.07. The fraction of sp³-hybridized carbons (Fsp3) is 0.444. The molecule has 0 bridgehead atoms. The summed E-state index contributed by atoms with van der Waals surface area (Å²) < 4.78 is 54.0. The lowest BCUT2D eigenvalue weighted by molar-refractivity contribution is -0.170. The van der Waals surface area contributed by atoms with Gasteiger partial charge in [-0.3, -0.25) is 0 Å². The Morgan fingerprint density at radius 2 is 1.92 bits per heavy atom. The van der Waals surface area contributed by atoms with Gasteiger partial charge in [-0.05, 0) is 42.2 Å². The van der Waals surface area contributed by atoms with Gasteiger partial charge in [0.15, 0.2) is 0 Å². The van der Waals surface area contributed by atoms with E-state index in [0.717, 1.165) is 13.1 Å². The van der Waals surface area contributed by atoms with E-state index in [4.69, 9.17) is 11.6 Å². The maximum absolute atomic E-state index is 13.6. The van der Waals surface area contributed by atoms with Crippen LogP contribution in [0.5, 0.6) is 0 Å². The van der Waals surface area contributed by atoms with Crippen molar-refractivity contribution in [1.82, 2.24) is 10.2 Å². The Morgan fingerprint density at radius 3 is 2.56 bits per heavy atom. The topological polar surface area (TPSA) is 15.3 Å². The highest BCUT2D eigenvalue weighted by atomic mass is 35.5. The minimum atomic E-state index is -4.33. The van der Waals surface area contributed by atoms with Gasteiger partial charge in [-0.15, -0.1) is 0 Å². The summed E-state index contributed by atoms with van der Waals surface area (Å²) in [5.74, 6) is -2.86. The van der Waals surface area contributed by atoms with Crippen molar-refractivity contribution >= 4 is 11.6 Å². The van der Waals surface area contributed by atoms with E-state index < -0.39 is 23.8 Å². The number of allylic oxidation sites excluding steroid dienone is 3. The summed E-state index contributed by atoms with van der Waals surface area (Å²) in [4.78, 5) is 1.97. The summed E-state index contributed by atoms with van der Waals surface area (Å²) >= 11 is 5.74. The Hall–Kier alpha value is -1.53.